The van der Waals surface area contributed by atoms with Crippen molar-refractivity contribution in [2.24, 2.45) is 0 Å². The SMILES string of the molecule is C=CCOc1c(Br)cc(/C=C2/C(=O)NC(=O)N(c3ccc(C)c(Cl)c3)C2=O)cc1OC. The molecule has 0 unspecified atom stereocenters. The Bertz CT molecular complexity index is 1130. The molecule has 1 fully saturated rings. The number of hydrogen-bond acceptors (Lipinski definition) is 5. The molecule has 0 atom stereocenters. The van der Waals surface area contributed by atoms with Gasteiger partial charge >= 0.3 is 6.03 Å². The highest BCUT2D eigenvalue weighted by molar-refractivity contribution is 9.10. The minimum Gasteiger partial charge on any atom is -0.493 e. The number of rotatable bonds is 6. The molecular formula is C22H18BrClN2O5. The Morgan fingerprint density at radius 1 is 1.23 bits per heavy atom. The number of methoxy groups -OCH3 is 1. The van der Waals surface area contributed by atoms with Crippen LogP contribution in [0.4, 0.5) is 10.5 Å². The van der Waals surface area contributed by atoms with E-state index in [0.29, 0.717) is 26.6 Å². The number of carbonyl (C=O) groups is 3. The van der Waals surface area contributed by atoms with Crippen molar-refractivity contribution in [2.75, 3.05) is 18.6 Å². The van der Waals surface area contributed by atoms with Gasteiger partial charge in [-0.3, -0.25) is 14.9 Å². The maximum Gasteiger partial charge on any atom is 0.335 e. The van der Waals surface area contributed by atoms with Gasteiger partial charge in [-0.2, -0.15) is 0 Å². The Morgan fingerprint density at radius 2 is 1.97 bits per heavy atom. The zero-order chi connectivity index (χ0) is 22.7. The van der Waals surface area contributed by atoms with Gasteiger partial charge in [-0.1, -0.05) is 30.3 Å². The molecule has 0 aliphatic carbocycles. The number of ether oxygens (including phenoxy) is 2. The molecule has 1 aliphatic heterocycles. The lowest BCUT2D eigenvalue weighted by atomic mass is 10.1. The van der Waals surface area contributed by atoms with Crippen molar-refractivity contribution in [1.82, 2.24) is 5.32 Å². The van der Waals surface area contributed by atoms with Crippen LogP contribution in [0.25, 0.3) is 6.08 Å². The molecular weight excluding hydrogens is 488 g/mol. The van der Waals surface area contributed by atoms with Crippen LogP contribution in [0.2, 0.25) is 5.02 Å². The average Bonchev–Trinajstić information content (AvgIpc) is 2.72. The van der Waals surface area contributed by atoms with Gasteiger partial charge in [-0.05, 0) is 64.3 Å². The summed E-state index contributed by atoms with van der Waals surface area (Å²) in [6.07, 6.45) is 2.97. The van der Waals surface area contributed by atoms with E-state index in [1.54, 1.807) is 37.3 Å². The molecule has 4 amide bonds. The molecule has 0 aromatic heterocycles. The summed E-state index contributed by atoms with van der Waals surface area (Å²) in [6, 6.07) is 7.18. The average molecular weight is 506 g/mol. The largest absolute Gasteiger partial charge is 0.493 e. The Labute approximate surface area is 192 Å². The molecule has 1 aliphatic rings. The topological polar surface area (TPSA) is 84.9 Å². The van der Waals surface area contributed by atoms with Gasteiger partial charge in [0.1, 0.15) is 12.2 Å². The predicted octanol–water partition coefficient (Wildman–Crippen LogP) is 4.65. The summed E-state index contributed by atoms with van der Waals surface area (Å²) in [5.74, 6) is -0.720. The molecule has 0 saturated carbocycles. The maximum atomic E-state index is 13.0. The molecule has 1 saturated heterocycles. The van der Waals surface area contributed by atoms with Crippen molar-refractivity contribution in [3.8, 4) is 11.5 Å². The Balaban J connectivity index is 2.02. The first-order valence-corrected chi connectivity index (χ1v) is 10.2. The summed E-state index contributed by atoms with van der Waals surface area (Å²) in [5, 5.41) is 2.58. The number of carbonyl (C=O) groups excluding carboxylic acids is 3. The number of imide groups is 2. The third-order valence-electron chi connectivity index (χ3n) is 4.42. The Hall–Kier alpha value is -3.10. The van der Waals surface area contributed by atoms with Gasteiger partial charge < -0.3 is 9.47 Å². The van der Waals surface area contributed by atoms with Crippen molar-refractivity contribution >= 4 is 57.1 Å². The summed E-state index contributed by atoms with van der Waals surface area (Å²) in [5.41, 5.74) is 1.32. The first-order valence-electron chi connectivity index (χ1n) is 9.05. The summed E-state index contributed by atoms with van der Waals surface area (Å²) in [4.78, 5) is 38.7. The molecule has 0 radical (unpaired) electrons. The van der Waals surface area contributed by atoms with Crippen molar-refractivity contribution in [3.05, 3.63) is 69.2 Å². The molecule has 31 heavy (non-hydrogen) atoms. The molecule has 160 valence electrons. The number of hydrogen-bond donors (Lipinski definition) is 1. The summed E-state index contributed by atoms with van der Waals surface area (Å²) >= 11 is 9.54. The maximum absolute atomic E-state index is 13.0. The first-order chi connectivity index (χ1) is 14.8. The number of benzene rings is 2. The molecule has 1 heterocycles. The molecule has 2 aromatic rings. The smallest absolute Gasteiger partial charge is 0.335 e. The minimum absolute atomic E-state index is 0.218. The van der Waals surface area contributed by atoms with Crippen LogP contribution in [0.3, 0.4) is 0 Å². The monoisotopic (exact) mass is 504 g/mol. The zero-order valence-corrected chi connectivity index (χ0v) is 19.0. The standard InChI is InChI=1S/C22H18BrClN2O5/c1-4-7-31-19-16(23)9-13(10-18(19)30-3)8-15-20(27)25-22(29)26(21(15)28)14-6-5-12(2)17(24)11-14/h4-6,8-11H,1,7H2,2-3H3,(H,25,27,29)/b15-8-. The highest BCUT2D eigenvalue weighted by Crippen LogP contribution is 2.37. The van der Waals surface area contributed by atoms with Crippen molar-refractivity contribution in [3.63, 3.8) is 0 Å². The van der Waals surface area contributed by atoms with Crippen LogP contribution in [-0.2, 0) is 9.59 Å². The number of urea groups is 1. The zero-order valence-electron chi connectivity index (χ0n) is 16.7. The molecule has 0 bridgehead atoms. The lowest BCUT2D eigenvalue weighted by molar-refractivity contribution is -0.122. The fourth-order valence-electron chi connectivity index (χ4n) is 2.88. The molecule has 1 N–H and O–H groups in total. The highest BCUT2D eigenvalue weighted by atomic mass is 79.9. The second-order valence-electron chi connectivity index (χ2n) is 6.53. The summed E-state index contributed by atoms with van der Waals surface area (Å²) in [7, 11) is 1.47. The van der Waals surface area contributed by atoms with E-state index in [-0.39, 0.29) is 17.9 Å². The molecule has 9 heteroatoms. The van der Waals surface area contributed by atoms with Gasteiger partial charge in [-0.25, -0.2) is 9.69 Å². The molecule has 2 aromatic carbocycles. The van der Waals surface area contributed by atoms with E-state index in [4.69, 9.17) is 21.1 Å². The van der Waals surface area contributed by atoms with Crippen molar-refractivity contribution in [1.29, 1.82) is 0 Å². The number of anilines is 1. The predicted molar refractivity (Wildman–Crippen MR) is 122 cm³/mol. The fraction of sp³-hybridized carbons (Fsp3) is 0.136. The van der Waals surface area contributed by atoms with E-state index in [1.165, 1.54) is 19.3 Å². The second kappa shape index (κ2) is 9.36. The van der Waals surface area contributed by atoms with Gasteiger partial charge in [0.2, 0.25) is 0 Å². The normalized spacial score (nSPS) is 15.2. The summed E-state index contributed by atoms with van der Waals surface area (Å²) < 4.78 is 11.5. The van der Waals surface area contributed by atoms with E-state index in [2.05, 4.69) is 27.8 Å². The molecule has 0 spiro atoms. The van der Waals surface area contributed by atoms with Crippen molar-refractivity contribution in [2.45, 2.75) is 6.92 Å². The lowest BCUT2D eigenvalue weighted by Crippen LogP contribution is -2.54. The van der Waals surface area contributed by atoms with Gasteiger partial charge in [-0.15, -0.1) is 0 Å². The Kier molecular flexibility index (Phi) is 6.82. The highest BCUT2D eigenvalue weighted by Gasteiger charge is 2.37. The fourth-order valence-corrected chi connectivity index (χ4v) is 3.63. The van der Waals surface area contributed by atoms with Gasteiger partial charge in [0.05, 0.1) is 17.3 Å². The number of barbiturate groups is 1. The van der Waals surface area contributed by atoms with Crippen LogP contribution in [0.15, 0.2) is 53.0 Å². The molecule has 7 nitrogen and oxygen atoms in total. The third-order valence-corrected chi connectivity index (χ3v) is 5.42. The van der Waals surface area contributed by atoms with Gasteiger partial charge in [0, 0.05) is 5.02 Å². The van der Waals surface area contributed by atoms with Gasteiger partial charge in [0.15, 0.2) is 11.5 Å². The number of amides is 4. The number of nitrogens with zero attached hydrogens (tertiary/aromatic N) is 1. The van der Waals surface area contributed by atoms with E-state index < -0.39 is 17.8 Å². The van der Waals surface area contributed by atoms with Crippen LogP contribution >= 0.6 is 27.5 Å². The number of aryl methyl sites for hydroxylation is 1. The van der Waals surface area contributed by atoms with Crippen LogP contribution in [0.5, 0.6) is 11.5 Å². The van der Waals surface area contributed by atoms with Crippen molar-refractivity contribution < 1.29 is 23.9 Å². The van der Waals surface area contributed by atoms with E-state index in [9.17, 15) is 14.4 Å². The van der Waals surface area contributed by atoms with E-state index >= 15 is 0 Å². The van der Waals surface area contributed by atoms with Gasteiger partial charge in [0.25, 0.3) is 11.8 Å². The quantitative estimate of drug-likeness (QED) is 0.351. The van der Waals surface area contributed by atoms with Crippen LogP contribution in [-0.4, -0.2) is 31.6 Å². The Morgan fingerprint density at radius 3 is 2.61 bits per heavy atom. The van der Waals surface area contributed by atoms with Crippen LogP contribution in [0, 0.1) is 6.92 Å². The lowest BCUT2D eigenvalue weighted by Gasteiger charge is -2.26. The van der Waals surface area contributed by atoms with E-state index in [1.807, 2.05) is 0 Å². The number of nitrogens with one attached hydrogen (secondary N) is 1. The number of halogens is 2. The van der Waals surface area contributed by atoms with E-state index in [0.717, 1.165) is 10.5 Å². The van der Waals surface area contributed by atoms with Crippen LogP contribution < -0.4 is 19.7 Å². The third kappa shape index (κ3) is 4.65. The summed E-state index contributed by atoms with van der Waals surface area (Å²) in [6.45, 7) is 5.68. The minimum atomic E-state index is -0.848. The first kappa shape index (κ1) is 22.6. The molecule has 3 rings (SSSR count). The second-order valence-corrected chi connectivity index (χ2v) is 7.79. The van der Waals surface area contributed by atoms with Crippen LogP contribution in [0.1, 0.15) is 11.1 Å².